The Morgan fingerprint density at radius 3 is 2.29 bits per heavy atom. The Morgan fingerprint density at radius 1 is 1.12 bits per heavy atom. The van der Waals surface area contributed by atoms with E-state index in [0.29, 0.717) is 18.4 Å². The van der Waals surface area contributed by atoms with Crippen LogP contribution in [0.5, 0.6) is 0 Å². The molecule has 17 heavy (non-hydrogen) atoms. The smallest absolute Gasteiger partial charge is 0.220 e. The predicted octanol–water partition coefficient (Wildman–Crippen LogP) is 2.84. The summed E-state index contributed by atoms with van der Waals surface area (Å²) in [5, 5.41) is 3.12. The predicted molar refractivity (Wildman–Crippen MR) is 73.8 cm³/mol. The molecular formula is C14H30N2O. The summed E-state index contributed by atoms with van der Waals surface area (Å²) in [6.07, 6.45) is 7.03. The molecule has 0 aromatic rings. The number of nitrogens with one attached hydrogen (secondary N) is 1. The molecule has 0 fully saturated rings. The summed E-state index contributed by atoms with van der Waals surface area (Å²) in [6.45, 7) is 7.19. The van der Waals surface area contributed by atoms with Crippen molar-refractivity contribution >= 4 is 5.91 Å². The van der Waals surface area contributed by atoms with E-state index >= 15 is 0 Å². The van der Waals surface area contributed by atoms with E-state index in [2.05, 4.69) is 26.1 Å². The number of hydrogen-bond acceptors (Lipinski definition) is 2. The zero-order valence-electron chi connectivity index (χ0n) is 11.8. The first-order valence-electron chi connectivity index (χ1n) is 7.17. The number of hydrogen-bond donors (Lipinski definition) is 2. The van der Waals surface area contributed by atoms with Crippen molar-refractivity contribution in [1.82, 2.24) is 5.32 Å². The minimum atomic E-state index is 0.209. The highest BCUT2D eigenvalue weighted by Crippen LogP contribution is 2.14. The molecule has 0 aromatic heterocycles. The van der Waals surface area contributed by atoms with Gasteiger partial charge in [-0.2, -0.15) is 0 Å². The molecule has 0 aliphatic rings. The van der Waals surface area contributed by atoms with Crippen molar-refractivity contribution in [3.63, 3.8) is 0 Å². The molecule has 2 atom stereocenters. The number of carbonyl (C=O) groups excluding carboxylic acids is 1. The lowest BCUT2D eigenvalue weighted by atomic mass is 9.96. The van der Waals surface area contributed by atoms with Crippen LogP contribution in [0.3, 0.4) is 0 Å². The lowest BCUT2D eigenvalue weighted by molar-refractivity contribution is -0.122. The van der Waals surface area contributed by atoms with E-state index in [1.54, 1.807) is 0 Å². The van der Waals surface area contributed by atoms with Gasteiger partial charge in [0.1, 0.15) is 0 Å². The van der Waals surface area contributed by atoms with Gasteiger partial charge in [-0.15, -0.1) is 0 Å². The third-order valence-corrected chi connectivity index (χ3v) is 3.43. The van der Waals surface area contributed by atoms with Gasteiger partial charge in [-0.3, -0.25) is 4.79 Å². The Morgan fingerprint density at radius 2 is 1.82 bits per heavy atom. The number of carbonyl (C=O) groups is 1. The van der Waals surface area contributed by atoms with Crippen LogP contribution in [0.2, 0.25) is 0 Å². The van der Waals surface area contributed by atoms with E-state index in [-0.39, 0.29) is 5.91 Å². The van der Waals surface area contributed by atoms with Crippen molar-refractivity contribution in [3.05, 3.63) is 0 Å². The molecule has 0 aliphatic carbocycles. The van der Waals surface area contributed by atoms with Crippen LogP contribution in [-0.2, 0) is 4.79 Å². The molecule has 0 saturated heterocycles. The monoisotopic (exact) mass is 242 g/mol. The van der Waals surface area contributed by atoms with Gasteiger partial charge in [0.05, 0.1) is 0 Å². The fraction of sp³-hybridized carbons (Fsp3) is 0.929. The maximum Gasteiger partial charge on any atom is 0.220 e. The van der Waals surface area contributed by atoms with Gasteiger partial charge in [0, 0.05) is 12.5 Å². The Bertz CT molecular complexity index is 195. The highest BCUT2D eigenvalue weighted by molar-refractivity contribution is 5.76. The maximum absolute atomic E-state index is 11.8. The maximum atomic E-state index is 11.8. The van der Waals surface area contributed by atoms with Crippen LogP contribution in [0.1, 0.15) is 65.7 Å². The van der Waals surface area contributed by atoms with Crippen LogP contribution in [0.25, 0.3) is 0 Å². The Balaban J connectivity index is 3.83. The molecule has 3 nitrogen and oxygen atoms in total. The molecule has 3 heteroatoms. The first-order chi connectivity index (χ1) is 8.17. The van der Waals surface area contributed by atoms with E-state index < -0.39 is 0 Å². The van der Waals surface area contributed by atoms with Gasteiger partial charge in [0.2, 0.25) is 5.91 Å². The lowest BCUT2D eigenvalue weighted by Crippen LogP contribution is -2.34. The zero-order chi connectivity index (χ0) is 13.1. The van der Waals surface area contributed by atoms with Crippen LogP contribution in [-0.4, -0.2) is 18.5 Å². The fourth-order valence-electron chi connectivity index (χ4n) is 2.15. The Hall–Kier alpha value is -0.570. The van der Waals surface area contributed by atoms with E-state index in [1.165, 1.54) is 0 Å². The van der Waals surface area contributed by atoms with E-state index in [9.17, 15) is 4.79 Å². The first-order valence-corrected chi connectivity index (χ1v) is 7.17. The summed E-state index contributed by atoms with van der Waals surface area (Å²) >= 11 is 0. The summed E-state index contributed by atoms with van der Waals surface area (Å²) in [5.41, 5.74) is 5.55. The minimum absolute atomic E-state index is 0.209. The number of nitrogens with two attached hydrogens (primary N) is 1. The second-order valence-corrected chi connectivity index (χ2v) is 4.85. The Labute approximate surface area is 107 Å². The van der Waals surface area contributed by atoms with Crippen molar-refractivity contribution in [1.29, 1.82) is 0 Å². The van der Waals surface area contributed by atoms with Crippen molar-refractivity contribution in [3.8, 4) is 0 Å². The summed E-state index contributed by atoms with van der Waals surface area (Å²) in [4.78, 5) is 11.8. The Kier molecular flexibility index (Phi) is 10.2. The van der Waals surface area contributed by atoms with Crippen molar-refractivity contribution in [2.45, 2.75) is 71.8 Å². The molecule has 0 rings (SSSR count). The molecule has 0 bridgehead atoms. The fourth-order valence-corrected chi connectivity index (χ4v) is 2.15. The van der Waals surface area contributed by atoms with E-state index in [4.69, 9.17) is 5.73 Å². The topological polar surface area (TPSA) is 55.1 Å². The van der Waals surface area contributed by atoms with Gasteiger partial charge in [-0.25, -0.2) is 0 Å². The molecule has 0 saturated carbocycles. The summed E-state index contributed by atoms with van der Waals surface area (Å²) < 4.78 is 0. The van der Waals surface area contributed by atoms with E-state index in [0.717, 1.165) is 45.1 Å². The van der Waals surface area contributed by atoms with Crippen molar-refractivity contribution in [2.75, 3.05) is 6.54 Å². The molecule has 0 aromatic carbocycles. The molecule has 2 unspecified atom stereocenters. The lowest BCUT2D eigenvalue weighted by Gasteiger charge is -2.17. The van der Waals surface area contributed by atoms with Gasteiger partial charge in [-0.05, 0) is 38.1 Å². The number of rotatable bonds is 10. The largest absolute Gasteiger partial charge is 0.353 e. The molecule has 1 amide bonds. The average molecular weight is 242 g/mol. The molecular weight excluding hydrogens is 212 g/mol. The SMILES string of the molecule is CCCC(CC)NC(=O)CCC(CC)CCN. The first kappa shape index (κ1) is 16.4. The standard InChI is InChI=1S/C14H30N2O/c1-4-7-13(6-3)16-14(17)9-8-12(5-2)10-11-15/h12-13H,4-11,15H2,1-3H3,(H,16,17). The van der Waals surface area contributed by atoms with Crippen LogP contribution in [0, 0.1) is 5.92 Å². The molecule has 0 spiro atoms. The average Bonchev–Trinajstić information content (AvgIpc) is 2.33. The van der Waals surface area contributed by atoms with Gasteiger partial charge in [0.25, 0.3) is 0 Å². The third-order valence-electron chi connectivity index (χ3n) is 3.43. The van der Waals surface area contributed by atoms with Crippen LogP contribution < -0.4 is 11.1 Å². The molecule has 102 valence electrons. The van der Waals surface area contributed by atoms with Gasteiger partial charge < -0.3 is 11.1 Å². The van der Waals surface area contributed by atoms with Crippen molar-refractivity contribution < 1.29 is 4.79 Å². The summed E-state index contributed by atoms with van der Waals surface area (Å²) in [5.74, 6) is 0.817. The molecule has 0 radical (unpaired) electrons. The quantitative estimate of drug-likeness (QED) is 0.619. The van der Waals surface area contributed by atoms with Crippen LogP contribution in [0.4, 0.5) is 0 Å². The van der Waals surface area contributed by atoms with Gasteiger partial charge in [0.15, 0.2) is 0 Å². The van der Waals surface area contributed by atoms with Crippen LogP contribution in [0.15, 0.2) is 0 Å². The summed E-state index contributed by atoms with van der Waals surface area (Å²) in [6, 6.07) is 0.363. The second-order valence-electron chi connectivity index (χ2n) is 4.85. The molecule has 3 N–H and O–H groups in total. The normalized spacial score (nSPS) is 14.4. The van der Waals surface area contributed by atoms with Crippen LogP contribution >= 0.6 is 0 Å². The highest BCUT2D eigenvalue weighted by Gasteiger charge is 2.12. The van der Waals surface area contributed by atoms with Gasteiger partial charge >= 0.3 is 0 Å². The minimum Gasteiger partial charge on any atom is -0.353 e. The molecule has 0 aliphatic heterocycles. The van der Waals surface area contributed by atoms with Gasteiger partial charge in [-0.1, -0.05) is 33.6 Å². The number of amides is 1. The van der Waals surface area contributed by atoms with Crippen molar-refractivity contribution in [2.24, 2.45) is 11.7 Å². The highest BCUT2D eigenvalue weighted by atomic mass is 16.1. The van der Waals surface area contributed by atoms with E-state index in [1.807, 2.05) is 0 Å². The molecule has 0 heterocycles. The second kappa shape index (κ2) is 10.6. The zero-order valence-corrected chi connectivity index (χ0v) is 11.8. The third kappa shape index (κ3) is 8.19. The summed E-state index contributed by atoms with van der Waals surface area (Å²) in [7, 11) is 0.